The topological polar surface area (TPSA) is 95.3 Å². The molecule has 0 radical (unpaired) electrons. The van der Waals surface area contributed by atoms with Crippen LogP contribution in [0.1, 0.15) is 43.1 Å². The van der Waals surface area contributed by atoms with Crippen molar-refractivity contribution in [1.29, 1.82) is 0 Å². The summed E-state index contributed by atoms with van der Waals surface area (Å²) in [5.74, 6) is -0.0585. The summed E-state index contributed by atoms with van der Waals surface area (Å²) in [6.07, 6.45) is 4.50. The van der Waals surface area contributed by atoms with E-state index < -0.39 is 6.04 Å². The van der Waals surface area contributed by atoms with Crippen molar-refractivity contribution in [3.05, 3.63) is 83.7 Å². The normalized spacial score (nSPS) is 12.0. The molecule has 1 heterocycles. The summed E-state index contributed by atoms with van der Waals surface area (Å²) in [6, 6.07) is 16.5. The lowest BCUT2D eigenvalue weighted by atomic mass is 10.0. The Kier molecular flexibility index (Phi) is 8.35. The summed E-state index contributed by atoms with van der Waals surface area (Å²) in [6.45, 7) is 4.16. The van der Waals surface area contributed by atoms with E-state index in [1.807, 2.05) is 42.5 Å². The van der Waals surface area contributed by atoms with Crippen molar-refractivity contribution in [3.63, 3.8) is 0 Å². The van der Waals surface area contributed by atoms with Gasteiger partial charge in [-0.25, -0.2) is 4.68 Å². The molecule has 0 saturated heterocycles. The second kappa shape index (κ2) is 11.6. The number of amides is 1. The molecule has 8 heteroatoms. The Labute approximate surface area is 193 Å². The first-order chi connectivity index (χ1) is 15.9. The second-order valence-electron chi connectivity index (χ2n) is 7.74. The smallest absolute Gasteiger partial charge is 0.308 e. The van der Waals surface area contributed by atoms with Crippen LogP contribution in [0.2, 0.25) is 0 Å². The van der Waals surface area contributed by atoms with E-state index in [-0.39, 0.29) is 24.4 Å². The van der Waals surface area contributed by atoms with Crippen LogP contribution in [0.15, 0.2) is 66.9 Å². The SMILES string of the molecule is COc1ccc(C(CC(=O)OC(C)C)NC(=O)C=Cc2cn(Cc3ccccc3)nn2)cc1. The zero-order valence-electron chi connectivity index (χ0n) is 19.0. The van der Waals surface area contributed by atoms with E-state index in [2.05, 4.69) is 15.6 Å². The summed E-state index contributed by atoms with van der Waals surface area (Å²) in [4.78, 5) is 24.8. The van der Waals surface area contributed by atoms with Crippen LogP contribution in [-0.4, -0.2) is 40.1 Å². The summed E-state index contributed by atoms with van der Waals surface area (Å²) in [7, 11) is 1.58. The quantitative estimate of drug-likeness (QED) is 0.376. The number of hydrogen-bond acceptors (Lipinski definition) is 6. The molecule has 1 amide bonds. The highest BCUT2D eigenvalue weighted by Gasteiger charge is 2.19. The Hall–Kier alpha value is -3.94. The Morgan fingerprint density at radius 3 is 2.48 bits per heavy atom. The molecule has 1 aromatic heterocycles. The number of rotatable bonds is 10. The number of hydrogen-bond donors (Lipinski definition) is 1. The van der Waals surface area contributed by atoms with Gasteiger partial charge in [0.15, 0.2) is 0 Å². The first kappa shape index (κ1) is 23.7. The Bertz CT molecular complexity index is 1080. The standard InChI is InChI=1S/C25H28N4O4/c1-18(2)33-25(31)15-23(20-9-12-22(32-3)13-10-20)26-24(30)14-11-21-17-29(28-27-21)16-19-7-5-4-6-8-19/h4-14,17-18,23H,15-16H2,1-3H3,(H,26,30). The van der Waals surface area contributed by atoms with Gasteiger partial charge in [0.05, 0.1) is 38.4 Å². The number of nitrogens with zero attached hydrogens (tertiary/aromatic N) is 3. The van der Waals surface area contributed by atoms with E-state index in [0.29, 0.717) is 18.0 Å². The summed E-state index contributed by atoms with van der Waals surface area (Å²) >= 11 is 0. The number of benzene rings is 2. The molecule has 0 bridgehead atoms. The highest BCUT2D eigenvalue weighted by atomic mass is 16.5. The Morgan fingerprint density at radius 2 is 1.82 bits per heavy atom. The molecule has 0 spiro atoms. The molecule has 0 aliphatic rings. The van der Waals surface area contributed by atoms with Gasteiger partial charge in [-0.3, -0.25) is 9.59 Å². The minimum Gasteiger partial charge on any atom is -0.497 e. The van der Waals surface area contributed by atoms with Crippen LogP contribution in [-0.2, 0) is 20.9 Å². The zero-order valence-corrected chi connectivity index (χ0v) is 19.0. The number of carbonyl (C=O) groups is 2. The number of ether oxygens (including phenoxy) is 2. The van der Waals surface area contributed by atoms with Gasteiger partial charge in [-0.15, -0.1) is 5.10 Å². The van der Waals surface area contributed by atoms with Gasteiger partial charge in [-0.1, -0.05) is 47.7 Å². The van der Waals surface area contributed by atoms with Gasteiger partial charge in [-0.05, 0) is 43.2 Å². The van der Waals surface area contributed by atoms with Gasteiger partial charge in [0.2, 0.25) is 5.91 Å². The third-order valence-electron chi connectivity index (χ3n) is 4.72. The minimum atomic E-state index is -0.548. The van der Waals surface area contributed by atoms with Crippen LogP contribution in [0.5, 0.6) is 5.75 Å². The Morgan fingerprint density at radius 1 is 1.09 bits per heavy atom. The number of aromatic nitrogens is 3. The van der Waals surface area contributed by atoms with E-state index in [4.69, 9.17) is 9.47 Å². The van der Waals surface area contributed by atoms with Crippen LogP contribution in [0.25, 0.3) is 6.08 Å². The van der Waals surface area contributed by atoms with E-state index >= 15 is 0 Å². The monoisotopic (exact) mass is 448 g/mol. The van der Waals surface area contributed by atoms with Crippen LogP contribution < -0.4 is 10.1 Å². The molecule has 1 N–H and O–H groups in total. The average Bonchev–Trinajstić information content (AvgIpc) is 3.25. The second-order valence-corrected chi connectivity index (χ2v) is 7.74. The number of nitrogens with one attached hydrogen (secondary N) is 1. The van der Waals surface area contributed by atoms with Gasteiger partial charge in [0.1, 0.15) is 11.4 Å². The van der Waals surface area contributed by atoms with Gasteiger partial charge in [-0.2, -0.15) is 0 Å². The fraction of sp³-hybridized carbons (Fsp3) is 0.280. The van der Waals surface area contributed by atoms with Gasteiger partial charge in [0.25, 0.3) is 0 Å². The molecular weight excluding hydrogens is 420 g/mol. The molecule has 8 nitrogen and oxygen atoms in total. The maximum Gasteiger partial charge on any atom is 0.308 e. The van der Waals surface area contributed by atoms with Crippen molar-refractivity contribution in [2.45, 2.75) is 39.0 Å². The largest absolute Gasteiger partial charge is 0.497 e. The van der Waals surface area contributed by atoms with Crippen molar-refractivity contribution in [2.24, 2.45) is 0 Å². The lowest BCUT2D eigenvalue weighted by molar-refractivity contribution is -0.148. The predicted molar refractivity (Wildman–Crippen MR) is 124 cm³/mol. The third kappa shape index (κ3) is 7.60. The van der Waals surface area contributed by atoms with Crippen LogP contribution in [0, 0.1) is 0 Å². The van der Waals surface area contributed by atoms with Crippen molar-refractivity contribution in [3.8, 4) is 5.75 Å². The molecule has 0 aliphatic carbocycles. The molecule has 1 unspecified atom stereocenters. The predicted octanol–water partition coefficient (Wildman–Crippen LogP) is 3.55. The van der Waals surface area contributed by atoms with Crippen molar-refractivity contribution in [2.75, 3.05) is 7.11 Å². The van der Waals surface area contributed by atoms with Gasteiger partial charge >= 0.3 is 5.97 Å². The average molecular weight is 449 g/mol. The summed E-state index contributed by atoms with van der Waals surface area (Å²) < 4.78 is 12.1. The van der Waals surface area contributed by atoms with Gasteiger partial charge in [0, 0.05) is 6.08 Å². The maximum absolute atomic E-state index is 12.6. The van der Waals surface area contributed by atoms with Crippen molar-refractivity contribution < 1.29 is 19.1 Å². The molecule has 172 valence electrons. The third-order valence-corrected chi connectivity index (χ3v) is 4.72. The van der Waals surface area contributed by atoms with Crippen molar-refractivity contribution in [1.82, 2.24) is 20.3 Å². The maximum atomic E-state index is 12.6. The van der Waals surface area contributed by atoms with Crippen LogP contribution >= 0.6 is 0 Å². The first-order valence-electron chi connectivity index (χ1n) is 10.7. The minimum absolute atomic E-state index is 0.0113. The lowest BCUT2D eigenvalue weighted by Gasteiger charge is -2.19. The number of carbonyl (C=O) groups excluding carboxylic acids is 2. The lowest BCUT2D eigenvalue weighted by Crippen LogP contribution is -2.29. The zero-order chi connectivity index (χ0) is 23.6. The van der Waals surface area contributed by atoms with Crippen LogP contribution in [0.4, 0.5) is 0 Å². The highest BCUT2D eigenvalue weighted by molar-refractivity contribution is 5.92. The first-order valence-corrected chi connectivity index (χ1v) is 10.7. The van der Waals surface area contributed by atoms with Gasteiger partial charge < -0.3 is 14.8 Å². The fourth-order valence-corrected chi connectivity index (χ4v) is 3.18. The van der Waals surface area contributed by atoms with E-state index in [0.717, 1.165) is 11.1 Å². The molecule has 33 heavy (non-hydrogen) atoms. The van der Waals surface area contributed by atoms with E-state index in [1.54, 1.807) is 50.0 Å². The highest BCUT2D eigenvalue weighted by Crippen LogP contribution is 2.21. The molecular formula is C25H28N4O4. The molecule has 3 aromatic rings. The molecule has 0 saturated carbocycles. The molecule has 3 rings (SSSR count). The molecule has 0 aliphatic heterocycles. The molecule has 0 fully saturated rings. The Balaban J connectivity index is 1.65. The summed E-state index contributed by atoms with van der Waals surface area (Å²) in [5, 5.41) is 11.0. The van der Waals surface area contributed by atoms with E-state index in [1.165, 1.54) is 6.08 Å². The summed E-state index contributed by atoms with van der Waals surface area (Å²) in [5.41, 5.74) is 2.43. The molecule has 1 atom stereocenters. The fourth-order valence-electron chi connectivity index (χ4n) is 3.18. The number of esters is 1. The van der Waals surface area contributed by atoms with E-state index in [9.17, 15) is 9.59 Å². The molecule has 2 aromatic carbocycles. The number of methoxy groups -OCH3 is 1. The van der Waals surface area contributed by atoms with Crippen LogP contribution in [0.3, 0.4) is 0 Å². The van der Waals surface area contributed by atoms with Crippen molar-refractivity contribution >= 4 is 18.0 Å².